The van der Waals surface area contributed by atoms with Crippen molar-refractivity contribution in [3.05, 3.63) is 36.2 Å². The van der Waals surface area contributed by atoms with Gasteiger partial charge in [0.05, 0.1) is 12.5 Å². The molecule has 4 rings (SSSR count). The molecule has 0 N–H and O–H groups in total. The van der Waals surface area contributed by atoms with Crippen LogP contribution in [0.15, 0.2) is 34.9 Å². The van der Waals surface area contributed by atoms with Crippen LogP contribution in [0.3, 0.4) is 0 Å². The highest BCUT2D eigenvalue weighted by Gasteiger charge is 2.34. The summed E-state index contributed by atoms with van der Waals surface area (Å²) in [5, 5.41) is 4.13. The predicted molar refractivity (Wildman–Crippen MR) is 105 cm³/mol. The van der Waals surface area contributed by atoms with E-state index < -0.39 is 0 Å². The minimum Gasteiger partial charge on any atom is -0.383 e. The lowest BCUT2D eigenvalue weighted by Crippen LogP contribution is -2.42. The number of hydrogen-bond acceptors (Lipinski definition) is 6. The van der Waals surface area contributed by atoms with Gasteiger partial charge in [0.1, 0.15) is 0 Å². The molecule has 7 heteroatoms. The Morgan fingerprint density at radius 2 is 1.96 bits per heavy atom. The summed E-state index contributed by atoms with van der Waals surface area (Å²) in [5.41, 5.74) is 0.962. The van der Waals surface area contributed by atoms with Crippen LogP contribution in [0, 0.1) is 5.92 Å². The summed E-state index contributed by atoms with van der Waals surface area (Å²) in [4.78, 5) is 21.8. The Labute approximate surface area is 165 Å². The molecule has 0 aliphatic carbocycles. The predicted octanol–water partition coefficient (Wildman–Crippen LogP) is 2.41. The first-order chi connectivity index (χ1) is 13.7. The van der Waals surface area contributed by atoms with Gasteiger partial charge in [0.25, 0.3) is 0 Å². The highest BCUT2D eigenvalue weighted by atomic mass is 16.5. The molecule has 150 valence electrons. The molecule has 1 unspecified atom stereocenters. The smallest absolute Gasteiger partial charge is 0.230 e. The third kappa shape index (κ3) is 4.25. The molecule has 1 aromatic heterocycles. The molecule has 7 nitrogen and oxygen atoms in total. The minimum atomic E-state index is 0.126. The molecule has 0 radical (unpaired) electrons. The first kappa shape index (κ1) is 19.1. The zero-order valence-electron chi connectivity index (χ0n) is 16.4. The van der Waals surface area contributed by atoms with Gasteiger partial charge in [-0.15, -0.1) is 0 Å². The van der Waals surface area contributed by atoms with Gasteiger partial charge in [0.2, 0.25) is 17.6 Å². The summed E-state index contributed by atoms with van der Waals surface area (Å²) in [6, 6.07) is 9.86. The van der Waals surface area contributed by atoms with Crippen molar-refractivity contribution < 1.29 is 14.1 Å². The van der Waals surface area contributed by atoms with E-state index in [0.29, 0.717) is 17.6 Å². The number of hydrogen-bond donors (Lipinski definition) is 0. The largest absolute Gasteiger partial charge is 0.383 e. The van der Waals surface area contributed by atoms with Gasteiger partial charge in [-0.1, -0.05) is 35.5 Å². The molecular weight excluding hydrogens is 356 g/mol. The van der Waals surface area contributed by atoms with Gasteiger partial charge >= 0.3 is 0 Å². The maximum atomic E-state index is 12.9. The van der Waals surface area contributed by atoms with Crippen molar-refractivity contribution in [1.29, 1.82) is 0 Å². The first-order valence-corrected chi connectivity index (χ1v) is 10.1. The molecular formula is C21H28N4O3. The number of rotatable bonds is 6. The van der Waals surface area contributed by atoms with Crippen LogP contribution in [0.5, 0.6) is 0 Å². The van der Waals surface area contributed by atoms with E-state index in [-0.39, 0.29) is 11.8 Å². The maximum absolute atomic E-state index is 12.9. The average Bonchev–Trinajstić information content (AvgIpc) is 3.42. The van der Waals surface area contributed by atoms with Gasteiger partial charge < -0.3 is 19.1 Å². The van der Waals surface area contributed by atoms with E-state index in [0.717, 1.165) is 64.2 Å². The van der Waals surface area contributed by atoms with E-state index in [2.05, 4.69) is 15.0 Å². The van der Waals surface area contributed by atoms with E-state index >= 15 is 0 Å². The molecule has 2 aliphatic rings. The second-order valence-electron chi connectivity index (χ2n) is 7.70. The van der Waals surface area contributed by atoms with Crippen molar-refractivity contribution >= 4 is 5.91 Å². The maximum Gasteiger partial charge on any atom is 0.230 e. The first-order valence-electron chi connectivity index (χ1n) is 10.1. The zero-order chi connectivity index (χ0) is 19.3. The molecule has 1 atom stereocenters. The third-order valence-electron chi connectivity index (χ3n) is 5.86. The van der Waals surface area contributed by atoms with Crippen LogP contribution >= 0.6 is 0 Å². The molecule has 3 heterocycles. The van der Waals surface area contributed by atoms with Crippen LogP contribution in [0.2, 0.25) is 0 Å². The number of carbonyl (C=O) groups excluding carboxylic acids is 1. The second-order valence-corrected chi connectivity index (χ2v) is 7.70. The number of ether oxygens (including phenoxy) is 1. The lowest BCUT2D eigenvalue weighted by atomic mass is 9.95. The monoisotopic (exact) mass is 384 g/mol. The van der Waals surface area contributed by atoms with E-state index in [1.165, 1.54) is 0 Å². The van der Waals surface area contributed by atoms with E-state index in [1.54, 1.807) is 7.11 Å². The molecule has 1 aromatic carbocycles. The van der Waals surface area contributed by atoms with Crippen LogP contribution in [0.1, 0.15) is 31.1 Å². The van der Waals surface area contributed by atoms with Gasteiger partial charge in [-0.25, -0.2) is 0 Å². The highest BCUT2D eigenvalue weighted by Crippen LogP contribution is 2.30. The molecule has 28 heavy (non-hydrogen) atoms. The Hall–Kier alpha value is -2.25. The number of carbonyl (C=O) groups is 1. The van der Waals surface area contributed by atoms with Crippen LogP contribution in [0.25, 0.3) is 11.4 Å². The number of aromatic nitrogens is 2. The summed E-state index contributed by atoms with van der Waals surface area (Å²) in [6.07, 6.45) is 2.71. The van der Waals surface area contributed by atoms with Gasteiger partial charge in [-0.2, -0.15) is 4.98 Å². The Morgan fingerprint density at radius 3 is 2.71 bits per heavy atom. The molecule has 1 amide bonds. The molecule has 0 bridgehead atoms. The number of methoxy groups -OCH3 is 1. The quantitative estimate of drug-likeness (QED) is 0.762. The Morgan fingerprint density at radius 1 is 1.18 bits per heavy atom. The van der Waals surface area contributed by atoms with Crippen molar-refractivity contribution in [1.82, 2.24) is 19.9 Å². The summed E-state index contributed by atoms with van der Waals surface area (Å²) < 4.78 is 10.7. The molecule has 2 saturated heterocycles. The van der Waals surface area contributed by atoms with Crippen LogP contribution in [-0.2, 0) is 9.53 Å². The topological polar surface area (TPSA) is 71.7 Å². The van der Waals surface area contributed by atoms with E-state index in [1.807, 2.05) is 35.2 Å². The molecule has 2 aromatic rings. The van der Waals surface area contributed by atoms with E-state index in [4.69, 9.17) is 9.26 Å². The summed E-state index contributed by atoms with van der Waals surface area (Å²) in [5.74, 6) is 1.99. The zero-order valence-corrected chi connectivity index (χ0v) is 16.4. The van der Waals surface area contributed by atoms with Gasteiger partial charge in [-0.05, 0) is 25.8 Å². The standard InChI is InChI=1S/C21H28N4O3/c1-27-14-13-24-10-7-18(15-24)21(26)25-11-8-17(9-12-25)20-22-19(23-28-20)16-5-3-2-4-6-16/h2-6,17-18H,7-15H2,1H3. The fourth-order valence-corrected chi connectivity index (χ4v) is 4.17. The number of amides is 1. The molecule has 2 fully saturated rings. The highest BCUT2D eigenvalue weighted by molar-refractivity contribution is 5.79. The fraction of sp³-hybridized carbons (Fsp3) is 0.571. The summed E-state index contributed by atoms with van der Waals surface area (Å²) in [7, 11) is 1.72. The second kappa shape index (κ2) is 8.84. The van der Waals surface area contributed by atoms with Crippen molar-refractivity contribution in [3.63, 3.8) is 0 Å². The Bertz CT molecular complexity index is 771. The SMILES string of the molecule is COCCN1CCC(C(=O)N2CCC(c3nc(-c4ccccc4)no3)CC2)C1. The van der Waals surface area contributed by atoms with Crippen molar-refractivity contribution in [3.8, 4) is 11.4 Å². The number of piperidine rings is 1. The minimum absolute atomic E-state index is 0.126. The van der Waals surface area contributed by atoms with Gasteiger partial charge in [-0.3, -0.25) is 4.79 Å². The lowest BCUT2D eigenvalue weighted by molar-refractivity contribution is -0.136. The fourth-order valence-electron chi connectivity index (χ4n) is 4.17. The van der Waals surface area contributed by atoms with Crippen LogP contribution in [0.4, 0.5) is 0 Å². The molecule has 0 spiro atoms. The van der Waals surface area contributed by atoms with Gasteiger partial charge in [0, 0.05) is 44.8 Å². The summed E-state index contributed by atoms with van der Waals surface area (Å²) >= 11 is 0. The molecule has 0 saturated carbocycles. The number of likely N-dealkylation sites (tertiary alicyclic amines) is 2. The average molecular weight is 384 g/mol. The van der Waals surface area contributed by atoms with E-state index in [9.17, 15) is 4.79 Å². The summed E-state index contributed by atoms with van der Waals surface area (Å²) in [6.45, 7) is 5.00. The van der Waals surface area contributed by atoms with Gasteiger partial charge in [0.15, 0.2) is 0 Å². The van der Waals surface area contributed by atoms with Crippen molar-refractivity contribution in [2.75, 3.05) is 46.4 Å². The molecule has 2 aliphatic heterocycles. The number of benzene rings is 1. The lowest BCUT2D eigenvalue weighted by Gasteiger charge is -2.32. The van der Waals surface area contributed by atoms with Crippen molar-refractivity contribution in [2.24, 2.45) is 5.92 Å². The third-order valence-corrected chi connectivity index (χ3v) is 5.86. The number of nitrogens with zero attached hydrogens (tertiary/aromatic N) is 4. The van der Waals surface area contributed by atoms with Crippen LogP contribution < -0.4 is 0 Å². The normalized spacial score (nSPS) is 21.3. The Kier molecular flexibility index (Phi) is 6.02. The Balaban J connectivity index is 1.29. The van der Waals surface area contributed by atoms with Crippen molar-refractivity contribution in [2.45, 2.75) is 25.2 Å². The van der Waals surface area contributed by atoms with Crippen LogP contribution in [-0.4, -0.2) is 72.3 Å².